The maximum absolute atomic E-state index is 8.77. The summed E-state index contributed by atoms with van der Waals surface area (Å²) in [6.07, 6.45) is 1.66. The van der Waals surface area contributed by atoms with Crippen molar-refractivity contribution in [3.05, 3.63) is 0 Å². The molecule has 2 heteroatoms. The van der Waals surface area contributed by atoms with Crippen molar-refractivity contribution in [3.8, 4) is 11.5 Å². The first-order chi connectivity index (χ1) is 7.39. The highest BCUT2D eigenvalue weighted by atomic mass is 28.3. The second-order valence-corrected chi connectivity index (χ2v) is 11.1. The van der Waals surface area contributed by atoms with Gasteiger partial charge in [0, 0.05) is 13.0 Å². The van der Waals surface area contributed by atoms with E-state index in [2.05, 4.69) is 53.0 Å². The van der Waals surface area contributed by atoms with Crippen LogP contribution < -0.4 is 0 Å². The molecule has 1 N–H and O–H groups in total. The third-order valence-corrected chi connectivity index (χ3v) is 9.97. The molecule has 0 aliphatic rings. The van der Waals surface area contributed by atoms with Crippen LogP contribution in [0.5, 0.6) is 0 Å². The van der Waals surface area contributed by atoms with Gasteiger partial charge in [-0.1, -0.05) is 41.5 Å². The molecule has 0 spiro atoms. The average molecular weight is 240 g/mol. The van der Waals surface area contributed by atoms with Crippen molar-refractivity contribution in [3.63, 3.8) is 0 Å². The molecule has 0 bridgehead atoms. The van der Waals surface area contributed by atoms with Crippen LogP contribution in [0.3, 0.4) is 0 Å². The van der Waals surface area contributed by atoms with Crippen molar-refractivity contribution in [2.45, 2.75) is 71.0 Å². The summed E-state index contributed by atoms with van der Waals surface area (Å²) in [6.45, 7) is 14.2. The fraction of sp³-hybridized carbons (Fsp3) is 0.857. The second-order valence-electron chi connectivity index (χ2n) is 5.53. The molecule has 0 fully saturated rings. The summed E-state index contributed by atoms with van der Waals surface area (Å²) in [5, 5.41) is 8.77. The first-order valence-corrected chi connectivity index (χ1v) is 8.73. The van der Waals surface area contributed by atoms with Crippen LogP contribution in [-0.2, 0) is 0 Å². The smallest absolute Gasteiger partial charge is 0.145 e. The van der Waals surface area contributed by atoms with Gasteiger partial charge in [0.05, 0.1) is 0 Å². The summed E-state index contributed by atoms with van der Waals surface area (Å²) in [5.41, 5.74) is 5.75. The molecule has 0 amide bonds. The molecule has 1 nitrogen and oxygen atoms in total. The van der Waals surface area contributed by atoms with Crippen LogP contribution in [-0.4, -0.2) is 19.8 Å². The van der Waals surface area contributed by atoms with Crippen LogP contribution in [0.2, 0.25) is 16.6 Å². The minimum Gasteiger partial charge on any atom is -0.396 e. The van der Waals surface area contributed by atoms with Gasteiger partial charge in [-0.3, -0.25) is 0 Å². The minimum atomic E-state index is -1.52. The SMILES string of the molecule is CC(C)[Si](C#CCCCO)(C(C)C)C(C)C. The molecule has 0 heterocycles. The lowest BCUT2D eigenvalue weighted by molar-refractivity contribution is 0.290. The summed E-state index contributed by atoms with van der Waals surface area (Å²) in [4.78, 5) is 0. The van der Waals surface area contributed by atoms with Crippen molar-refractivity contribution in [1.29, 1.82) is 0 Å². The summed E-state index contributed by atoms with van der Waals surface area (Å²) < 4.78 is 0. The molecular formula is C14H28OSi. The molecule has 0 aromatic carbocycles. The predicted molar refractivity (Wildman–Crippen MR) is 75.1 cm³/mol. The van der Waals surface area contributed by atoms with Gasteiger partial charge in [0.1, 0.15) is 8.07 Å². The molecule has 16 heavy (non-hydrogen) atoms. The standard InChI is InChI=1S/C14H28OSi/c1-12(2)16(13(3)4,14(5)6)11-9-7-8-10-15/h12-15H,7-8,10H2,1-6H3. The Morgan fingerprint density at radius 1 is 0.938 bits per heavy atom. The predicted octanol–water partition coefficient (Wildman–Crippen LogP) is 3.98. The first kappa shape index (κ1) is 15.7. The van der Waals surface area contributed by atoms with E-state index in [1.165, 1.54) is 0 Å². The quantitative estimate of drug-likeness (QED) is 0.438. The number of rotatable bonds is 5. The zero-order chi connectivity index (χ0) is 12.8. The lowest BCUT2D eigenvalue weighted by Crippen LogP contribution is -2.43. The molecule has 0 saturated heterocycles. The van der Waals surface area contributed by atoms with E-state index in [0.717, 1.165) is 12.8 Å². The van der Waals surface area contributed by atoms with Crippen molar-refractivity contribution in [2.24, 2.45) is 0 Å². The Morgan fingerprint density at radius 2 is 1.38 bits per heavy atom. The topological polar surface area (TPSA) is 20.2 Å². The van der Waals surface area contributed by atoms with Crippen LogP contribution in [0.25, 0.3) is 0 Å². The maximum atomic E-state index is 8.77. The van der Waals surface area contributed by atoms with E-state index in [-0.39, 0.29) is 6.61 Å². The molecule has 0 aliphatic heterocycles. The second kappa shape index (κ2) is 7.14. The lowest BCUT2D eigenvalue weighted by atomic mass is 10.3. The van der Waals surface area contributed by atoms with E-state index < -0.39 is 8.07 Å². The number of hydrogen-bond acceptors (Lipinski definition) is 1. The molecule has 0 saturated carbocycles. The Kier molecular flexibility index (Phi) is 7.02. The molecule has 0 rings (SSSR count). The molecular weight excluding hydrogens is 212 g/mol. The van der Waals surface area contributed by atoms with Crippen LogP contribution >= 0.6 is 0 Å². The van der Waals surface area contributed by atoms with Gasteiger partial charge in [-0.05, 0) is 23.0 Å². The van der Waals surface area contributed by atoms with Gasteiger partial charge in [-0.25, -0.2) is 0 Å². The van der Waals surface area contributed by atoms with Gasteiger partial charge in [0.2, 0.25) is 0 Å². The normalized spacial score (nSPS) is 12.1. The van der Waals surface area contributed by atoms with Gasteiger partial charge >= 0.3 is 0 Å². The zero-order valence-corrected chi connectivity index (χ0v) is 12.8. The van der Waals surface area contributed by atoms with Crippen molar-refractivity contribution in [2.75, 3.05) is 6.61 Å². The minimum absolute atomic E-state index is 0.258. The Morgan fingerprint density at radius 3 is 1.69 bits per heavy atom. The number of hydrogen-bond donors (Lipinski definition) is 1. The van der Waals surface area contributed by atoms with E-state index in [1.807, 2.05) is 0 Å². The highest BCUT2D eigenvalue weighted by Crippen LogP contribution is 2.40. The Bertz CT molecular complexity index is 223. The van der Waals surface area contributed by atoms with E-state index in [0.29, 0.717) is 16.6 Å². The van der Waals surface area contributed by atoms with Crippen molar-refractivity contribution in [1.82, 2.24) is 0 Å². The van der Waals surface area contributed by atoms with Crippen LogP contribution in [0.1, 0.15) is 54.4 Å². The van der Waals surface area contributed by atoms with E-state index in [1.54, 1.807) is 0 Å². The summed E-state index contributed by atoms with van der Waals surface area (Å²) in [5.74, 6) is 3.32. The van der Waals surface area contributed by atoms with Crippen LogP contribution in [0.4, 0.5) is 0 Å². The zero-order valence-electron chi connectivity index (χ0n) is 11.8. The Hall–Kier alpha value is -0.263. The molecule has 0 aromatic rings. The monoisotopic (exact) mass is 240 g/mol. The lowest BCUT2D eigenvalue weighted by Gasteiger charge is -2.38. The van der Waals surface area contributed by atoms with E-state index in [4.69, 9.17) is 5.11 Å². The molecule has 0 aromatic heterocycles. The fourth-order valence-electron chi connectivity index (χ4n) is 2.82. The van der Waals surface area contributed by atoms with Gasteiger partial charge in [0.15, 0.2) is 0 Å². The summed E-state index contributed by atoms with van der Waals surface area (Å²) >= 11 is 0. The van der Waals surface area contributed by atoms with Gasteiger partial charge in [-0.2, -0.15) is 0 Å². The van der Waals surface area contributed by atoms with Crippen molar-refractivity contribution >= 4 is 8.07 Å². The first-order valence-electron chi connectivity index (χ1n) is 6.50. The van der Waals surface area contributed by atoms with E-state index >= 15 is 0 Å². The highest BCUT2D eigenvalue weighted by Gasteiger charge is 2.41. The third-order valence-electron chi connectivity index (χ3n) is 3.63. The van der Waals surface area contributed by atoms with Crippen LogP contribution in [0, 0.1) is 11.5 Å². The van der Waals surface area contributed by atoms with Gasteiger partial charge < -0.3 is 5.11 Å². The van der Waals surface area contributed by atoms with Gasteiger partial charge in [0.25, 0.3) is 0 Å². The maximum Gasteiger partial charge on any atom is 0.145 e. The Labute approximate surface area is 103 Å². The number of aliphatic hydroxyl groups is 1. The largest absolute Gasteiger partial charge is 0.396 e. The molecule has 0 atom stereocenters. The highest BCUT2D eigenvalue weighted by molar-refractivity contribution is 6.90. The van der Waals surface area contributed by atoms with E-state index in [9.17, 15) is 0 Å². The molecule has 94 valence electrons. The number of unbranched alkanes of at least 4 members (excludes halogenated alkanes) is 1. The van der Waals surface area contributed by atoms with Crippen LogP contribution in [0.15, 0.2) is 0 Å². The van der Waals surface area contributed by atoms with Crippen molar-refractivity contribution < 1.29 is 5.11 Å². The third kappa shape index (κ3) is 3.64. The number of aliphatic hydroxyl groups excluding tert-OH is 1. The average Bonchev–Trinajstić information content (AvgIpc) is 2.16. The van der Waals surface area contributed by atoms with Gasteiger partial charge in [-0.15, -0.1) is 11.5 Å². The molecule has 0 radical (unpaired) electrons. The summed E-state index contributed by atoms with van der Waals surface area (Å²) in [7, 11) is -1.52. The summed E-state index contributed by atoms with van der Waals surface area (Å²) in [6, 6.07) is 0. The fourth-order valence-corrected chi connectivity index (χ4v) is 8.11. The molecule has 0 aliphatic carbocycles. The Balaban J connectivity index is 4.95. The molecule has 0 unspecified atom stereocenters.